The second-order valence-electron chi connectivity index (χ2n) is 4.51. The molecule has 8 nitrogen and oxygen atoms in total. The Morgan fingerprint density at radius 1 is 1.36 bits per heavy atom. The van der Waals surface area contributed by atoms with Crippen LogP contribution in [0.1, 0.15) is 19.4 Å². The van der Waals surface area contributed by atoms with E-state index in [2.05, 4.69) is 4.98 Å². The monoisotopic (exact) mass is 332 g/mol. The zero-order valence-electron chi connectivity index (χ0n) is 12.8. The summed E-state index contributed by atoms with van der Waals surface area (Å²) in [5.41, 5.74) is -0.741. The highest BCUT2D eigenvalue weighted by Gasteiger charge is 2.19. The number of aliphatic hydroxyl groups excluding tert-OH is 1. The van der Waals surface area contributed by atoms with E-state index in [0.29, 0.717) is 5.56 Å². The fourth-order valence-corrected chi connectivity index (χ4v) is 3.08. The topological polar surface area (TPSA) is 111 Å². The number of H-pyrrole nitrogens is 1. The summed E-state index contributed by atoms with van der Waals surface area (Å²) in [7, 11) is -3.39. The van der Waals surface area contributed by atoms with E-state index in [4.69, 9.17) is 9.05 Å². The predicted octanol–water partition coefficient (Wildman–Crippen LogP) is 0.986. The maximum atomic E-state index is 12.2. The van der Waals surface area contributed by atoms with Crippen molar-refractivity contribution in [3.8, 4) is 0 Å². The van der Waals surface area contributed by atoms with Gasteiger partial charge < -0.3 is 14.2 Å². The lowest BCUT2D eigenvalue weighted by molar-refractivity contribution is 0.197. The molecule has 9 heteroatoms. The van der Waals surface area contributed by atoms with Gasteiger partial charge >= 0.3 is 13.3 Å². The Balaban J connectivity index is 2.85. The van der Waals surface area contributed by atoms with Crippen LogP contribution in [0.5, 0.6) is 0 Å². The molecule has 0 aliphatic rings. The first kappa shape index (κ1) is 18.6. The van der Waals surface area contributed by atoms with Crippen molar-refractivity contribution in [2.45, 2.75) is 33.4 Å². The molecule has 0 saturated heterocycles. The van der Waals surface area contributed by atoms with Gasteiger partial charge in [0.1, 0.15) is 0 Å². The van der Waals surface area contributed by atoms with Crippen LogP contribution in [0.25, 0.3) is 0 Å². The average molecular weight is 332 g/mol. The Labute approximate surface area is 127 Å². The second-order valence-corrected chi connectivity index (χ2v) is 6.40. The summed E-state index contributed by atoms with van der Waals surface area (Å²) < 4.78 is 23.4. The number of nitrogens with one attached hydrogen (secondary N) is 1. The van der Waals surface area contributed by atoms with Crippen molar-refractivity contribution in [2.24, 2.45) is 0 Å². The van der Waals surface area contributed by atoms with Gasteiger partial charge in [-0.15, -0.1) is 0 Å². The van der Waals surface area contributed by atoms with Gasteiger partial charge in [-0.05, 0) is 26.8 Å². The standard InChI is InChI=1S/C13H21N2O6P/c1-4-20-22(19,21-5-2)7-6-11(16)9-15-8-10(3)12(17)14-13(15)18/h6-8,11,16H,4-5,9H2,1-3H3,(H,14,17,18)/b7-6+/t11-/m1/s1. The number of aromatic nitrogens is 2. The number of hydrogen-bond donors (Lipinski definition) is 2. The van der Waals surface area contributed by atoms with Crippen LogP contribution in [-0.2, 0) is 20.2 Å². The Kier molecular flexibility index (Phi) is 6.96. The van der Waals surface area contributed by atoms with E-state index < -0.39 is 24.9 Å². The highest BCUT2D eigenvalue weighted by Crippen LogP contribution is 2.49. The van der Waals surface area contributed by atoms with E-state index in [1.165, 1.54) is 18.1 Å². The van der Waals surface area contributed by atoms with Gasteiger partial charge in [-0.1, -0.05) is 0 Å². The van der Waals surface area contributed by atoms with Crippen LogP contribution < -0.4 is 11.2 Å². The third-order valence-electron chi connectivity index (χ3n) is 2.68. The zero-order valence-corrected chi connectivity index (χ0v) is 13.7. The third-order valence-corrected chi connectivity index (χ3v) is 4.46. The summed E-state index contributed by atoms with van der Waals surface area (Å²) in [6.07, 6.45) is 1.51. The van der Waals surface area contributed by atoms with Gasteiger partial charge in [0, 0.05) is 17.6 Å². The second kappa shape index (κ2) is 8.24. The van der Waals surface area contributed by atoms with E-state index in [0.717, 1.165) is 4.57 Å². The molecule has 0 unspecified atom stereocenters. The van der Waals surface area contributed by atoms with Crippen molar-refractivity contribution in [3.05, 3.63) is 44.5 Å². The minimum atomic E-state index is -3.39. The Bertz CT molecular complexity index is 668. The normalized spacial score (nSPS) is 13.6. The molecule has 124 valence electrons. The van der Waals surface area contributed by atoms with Crippen molar-refractivity contribution >= 4 is 7.60 Å². The molecule has 0 aliphatic heterocycles. The van der Waals surface area contributed by atoms with E-state index in [1.807, 2.05) is 0 Å². The first-order valence-electron chi connectivity index (χ1n) is 6.88. The molecule has 1 atom stereocenters. The number of rotatable bonds is 8. The van der Waals surface area contributed by atoms with Crippen molar-refractivity contribution in [1.29, 1.82) is 0 Å². The first-order valence-corrected chi connectivity index (χ1v) is 8.49. The molecule has 1 heterocycles. The van der Waals surface area contributed by atoms with Gasteiger partial charge in [-0.3, -0.25) is 18.9 Å². The third kappa shape index (κ3) is 5.38. The van der Waals surface area contributed by atoms with Gasteiger partial charge in [0.15, 0.2) is 0 Å². The highest BCUT2D eigenvalue weighted by atomic mass is 31.2. The van der Waals surface area contributed by atoms with Gasteiger partial charge in [0.2, 0.25) is 0 Å². The minimum absolute atomic E-state index is 0.0921. The fourth-order valence-electron chi connectivity index (χ4n) is 1.70. The van der Waals surface area contributed by atoms with Crippen molar-refractivity contribution in [2.75, 3.05) is 13.2 Å². The molecule has 0 amide bonds. The Hall–Kier alpha value is -1.47. The SMILES string of the molecule is CCOP(=O)(/C=C/[C@@H](O)Cn1cc(C)c(=O)[nH]c1=O)OCC. The maximum Gasteiger partial charge on any atom is 0.353 e. The Morgan fingerprint density at radius 2 is 1.95 bits per heavy atom. The molecule has 0 spiro atoms. The molecule has 22 heavy (non-hydrogen) atoms. The molecule has 0 radical (unpaired) electrons. The number of hydrogen-bond acceptors (Lipinski definition) is 6. The maximum absolute atomic E-state index is 12.2. The van der Waals surface area contributed by atoms with E-state index in [9.17, 15) is 19.3 Å². The Morgan fingerprint density at radius 3 is 2.50 bits per heavy atom. The first-order chi connectivity index (χ1) is 10.3. The number of aliphatic hydroxyl groups is 1. The van der Waals surface area contributed by atoms with Crippen LogP contribution in [0.3, 0.4) is 0 Å². The molecule has 0 saturated carbocycles. The van der Waals surface area contributed by atoms with Crippen molar-refractivity contribution in [3.63, 3.8) is 0 Å². The fraction of sp³-hybridized carbons (Fsp3) is 0.538. The summed E-state index contributed by atoms with van der Waals surface area (Å²) in [6, 6.07) is 0. The van der Waals surface area contributed by atoms with Crippen LogP contribution >= 0.6 is 7.60 Å². The molecule has 0 bridgehead atoms. The smallest absolute Gasteiger partial charge is 0.353 e. The summed E-state index contributed by atoms with van der Waals surface area (Å²) in [5, 5.41) is 9.92. The molecule has 1 aromatic heterocycles. The highest BCUT2D eigenvalue weighted by molar-refractivity contribution is 7.57. The predicted molar refractivity (Wildman–Crippen MR) is 82.1 cm³/mol. The molecule has 2 N–H and O–H groups in total. The molecular formula is C13H21N2O6P. The lowest BCUT2D eigenvalue weighted by Gasteiger charge is -2.14. The lowest BCUT2D eigenvalue weighted by Crippen LogP contribution is -2.33. The van der Waals surface area contributed by atoms with E-state index in [1.54, 1.807) is 20.8 Å². The molecule has 1 rings (SSSR count). The van der Waals surface area contributed by atoms with Crippen molar-refractivity contribution in [1.82, 2.24) is 9.55 Å². The van der Waals surface area contributed by atoms with Crippen molar-refractivity contribution < 1.29 is 18.7 Å². The summed E-state index contributed by atoms with van der Waals surface area (Å²) in [5.74, 6) is 1.17. The quantitative estimate of drug-likeness (QED) is 0.687. The van der Waals surface area contributed by atoms with Gasteiger partial charge in [-0.25, -0.2) is 4.79 Å². The van der Waals surface area contributed by atoms with Crippen LogP contribution in [0.15, 0.2) is 27.7 Å². The minimum Gasteiger partial charge on any atom is -0.387 e. The van der Waals surface area contributed by atoms with Crippen LogP contribution in [-0.4, -0.2) is 34.0 Å². The van der Waals surface area contributed by atoms with Crippen LogP contribution in [0, 0.1) is 6.92 Å². The van der Waals surface area contributed by atoms with Gasteiger partial charge in [0.05, 0.1) is 25.9 Å². The molecule has 0 aromatic carbocycles. The van der Waals surface area contributed by atoms with Gasteiger partial charge in [-0.2, -0.15) is 0 Å². The average Bonchev–Trinajstić information content (AvgIpc) is 2.43. The number of aryl methyl sites for hydroxylation is 1. The van der Waals surface area contributed by atoms with Gasteiger partial charge in [0.25, 0.3) is 5.56 Å². The molecular weight excluding hydrogens is 311 g/mol. The largest absolute Gasteiger partial charge is 0.387 e. The number of aromatic amines is 1. The van der Waals surface area contributed by atoms with E-state index >= 15 is 0 Å². The molecule has 0 fully saturated rings. The lowest BCUT2D eigenvalue weighted by atomic mass is 10.3. The van der Waals surface area contributed by atoms with Crippen LogP contribution in [0.2, 0.25) is 0 Å². The molecule has 0 aliphatic carbocycles. The summed E-state index contributed by atoms with van der Waals surface area (Å²) in [4.78, 5) is 25.0. The summed E-state index contributed by atoms with van der Waals surface area (Å²) >= 11 is 0. The summed E-state index contributed by atoms with van der Waals surface area (Å²) in [6.45, 7) is 5.23. The zero-order chi connectivity index (χ0) is 16.8. The molecule has 1 aromatic rings. The van der Waals surface area contributed by atoms with Crippen LogP contribution in [0.4, 0.5) is 0 Å². The van der Waals surface area contributed by atoms with E-state index in [-0.39, 0.29) is 19.8 Å². The number of nitrogens with zero attached hydrogens (tertiary/aromatic N) is 1.